The number of carbonyl (C=O) groups excluding carboxylic acids is 2. The Labute approximate surface area is 228 Å². The molecular formula is C28H34ClN5O4. The molecule has 4 rings (SSSR count). The van der Waals surface area contributed by atoms with Crippen molar-refractivity contribution >= 4 is 35.0 Å². The minimum Gasteiger partial charge on any atom is -0.492 e. The van der Waals surface area contributed by atoms with Crippen molar-refractivity contribution in [2.75, 3.05) is 44.0 Å². The van der Waals surface area contributed by atoms with E-state index in [4.69, 9.17) is 21.1 Å². The maximum absolute atomic E-state index is 12.5. The molecule has 0 unspecified atom stereocenters. The van der Waals surface area contributed by atoms with Crippen LogP contribution in [0.25, 0.3) is 11.3 Å². The van der Waals surface area contributed by atoms with Crippen LogP contribution in [0.4, 0.5) is 16.2 Å². The van der Waals surface area contributed by atoms with Gasteiger partial charge in [0, 0.05) is 48.2 Å². The van der Waals surface area contributed by atoms with Gasteiger partial charge in [-0.25, -0.2) is 4.79 Å². The molecule has 38 heavy (non-hydrogen) atoms. The first kappa shape index (κ1) is 27.5. The summed E-state index contributed by atoms with van der Waals surface area (Å²) in [6.45, 7) is 3.35. The van der Waals surface area contributed by atoms with Crippen LogP contribution in [-0.4, -0.2) is 60.0 Å². The van der Waals surface area contributed by atoms with E-state index in [2.05, 4.69) is 20.6 Å². The minimum absolute atomic E-state index is 0.131. The quantitative estimate of drug-likeness (QED) is 0.333. The Morgan fingerprint density at radius 2 is 1.76 bits per heavy atom. The first-order valence-electron chi connectivity index (χ1n) is 12.8. The summed E-state index contributed by atoms with van der Waals surface area (Å²) in [4.78, 5) is 26.3. The molecule has 0 bridgehead atoms. The fourth-order valence-corrected chi connectivity index (χ4v) is 4.73. The van der Waals surface area contributed by atoms with Gasteiger partial charge in [-0.15, -0.1) is 0 Å². The second-order valence-electron chi connectivity index (χ2n) is 9.39. The highest BCUT2D eigenvalue weighted by Crippen LogP contribution is 2.33. The first-order valence-corrected chi connectivity index (χ1v) is 13.2. The Balaban J connectivity index is 1.34. The molecule has 1 fully saturated rings. The SMILES string of the molecule is COC(=O)CCC1CCN(CCOc2ccc(NC(=O)Nc3ccc(Cl)cc3)cc2-c2ccnn2C)CC1. The number of amides is 2. The number of hydrogen-bond donors (Lipinski definition) is 2. The van der Waals surface area contributed by atoms with Crippen LogP contribution in [0.3, 0.4) is 0 Å². The number of nitrogens with zero attached hydrogens (tertiary/aromatic N) is 3. The Morgan fingerprint density at radius 1 is 1.05 bits per heavy atom. The third-order valence-electron chi connectivity index (χ3n) is 6.79. The van der Waals surface area contributed by atoms with Crippen LogP contribution < -0.4 is 15.4 Å². The van der Waals surface area contributed by atoms with Gasteiger partial charge in [0.25, 0.3) is 0 Å². The highest BCUT2D eigenvalue weighted by atomic mass is 35.5. The predicted molar refractivity (Wildman–Crippen MR) is 149 cm³/mol. The Bertz CT molecular complexity index is 1220. The van der Waals surface area contributed by atoms with Crippen LogP contribution in [0, 0.1) is 5.92 Å². The van der Waals surface area contributed by atoms with Crippen molar-refractivity contribution in [1.29, 1.82) is 0 Å². The van der Waals surface area contributed by atoms with Crippen LogP contribution in [0.15, 0.2) is 54.7 Å². The summed E-state index contributed by atoms with van der Waals surface area (Å²) in [5.74, 6) is 1.17. The first-order chi connectivity index (χ1) is 18.4. The van der Waals surface area contributed by atoms with Gasteiger partial charge < -0.3 is 20.1 Å². The molecule has 0 aliphatic carbocycles. The molecule has 3 aromatic rings. The fourth-order valence-electron chi connectivity index (χ4n) is 4.61. The van der Waals surface area contributed by atoms with E-state index in [1.54, 1.807) is 35.1 Å². The fraction of sp³-hybridized carbons (Fsp3) is 0.393. The van der Waals surface area contributed by atoms with E-state index < -0.39 is 0 Å². The smallest absolute Gasteiger partial charge is 0.323 e. The number of likely N-dealkylation sites (tertiary alicyclic amines) is 1. The minimum atomic E-state index is -0.355. The standard InChI is InChI=1S/C28H34ClN5O4/c1-33-25(11-14-30-33)24-19-23(32-28(36)31-22-6-4-21(29)5-7-22)8-9-26(24)38-18-17-34-15-12-20(13-16-34)3-10-27(35)37-2/h4-9,11,14,19-20H,3,10,12-13,15-18H2,1-2H3,(H2,31,32,36). The number of esters is 1. The van der Waals surface area contributed by atoms with E-state index in [9.17, 15) is 9.59 Å². The monoisotopic (exact) mass is 539 g/mol. The number of aryl methyl sites for hydroxylation is 1. The molecule has 2 aromatic carbocycles. The van der Waals surface area contributed by atoms with Gasteiger partial charge in [0.05, 0.1) is 12.8 Å². The molecule has 202 valence electrons. The number of rotatable bonds is 10. The topological polar surface area (TPSA) is 97.7 Å². The number of halogens is 1. The zero-order valence-corrected chi connectivity index (χ0v) is 22.5. The molecule has 1 saturated heterocycles. The molecular weight excluding hydrogens is 506 g/mol. The largest absolute Gasteiger partial charge is 0.492 e. The molecule has 2 N–H and O–H groups in total. The van der Waals surface area contributed by atoms with Crippen LogP contribution in [0.1, 0.15) is 25.7 Å². The van der Waals surface area contributed by atoms with Crippen LogP contribution in [-0.2, 0) is 16.6 Å². The lowest BCUT2D eigenvalue weighted by atomic mass is 9.92. The number of anilines is 2. The lowest BCUT2D eigenvalue weighted by Crippen LogP contribution is -2.36. The molecule has 1 aromatic heterocycles. The number of piperidine rings is 1. The Kier molecular flexibility index (Phi) is 9.62. The molecule has 9 nitrogen and oxygen atoms in total. The Hall–Kier alpha value is -3.56. The zero-order valence-electron chi connectivity index (χ0n) is 21.8. The van der Waals surface area contributed by atoms with Crippen molar-refractivity contribution in [1.82, 2.24) is 14.7 Å². The van der Waals surface area contributed by atoms with Gasteiger partial charge in [-0.2, -0.15) is 5.10 Å². The molecule has 0 saturated carbocycles. The maximum atomic E-state index is 12.5. The summed E-state index contributed by atoms with van der Waals surface area (Å²) in [5.41, 5.74) is 3.00. The van der Waals surface area contributed by atoms with Crippen molar-refractivity contribution in [3.63, 3.8) is 0 Å². The average Bonchev–Trinajstić information content (AvgIpc) is 3.35. The van der Waals surface area contributed by atoms with Crippen molar-refractivity contribution < 1.29 is 19.1 Å². The summed E-state index contributed by atoms with van der Waals surface area (Å²) in [6.07, 6.45) is 5.28. The molecule has 2 amide bonds. The number of hydrogen-bond acceptors (Lipinski definition) is 6. The number of benzene rings is 2. The lowest BCUT2D eigenvalue weighted by molar-refractivity contribution is -0.141. The second kappa shape index (κ2) is 13.3. The van der Waals surface area contributed by atoms with Crippen molar-refractivity contribution in [3.05, 3.63) is 59.8 Å². The molecule has 10 heteroatoms. The highest BCUT2D eigenvalue weighted by Gasteiger charge is 2.20. The lowest BCUT2D eigenvalue weighted by Gasteiger charge is -2.31. The maximum Gasteiger partial charge on any atom is 0.323 e. The number of nitrogens with one attached hydrogen (secondary N) is 2. The number of aromatic nitrogens is 2. The molecule has 1 aliphatic rings. The van der Waals surface area contributed by atoms with Gasteiger partial charge in [0.1, 0.15) is 12.4 Å². The van der Waals surface area contributed by atoms with Gasteiger partial charge in [-0.05, 0) is 86.8 Å². The predicted octanol–water partition coefficient (Wildman–Crippen LogP) is 5.43. The van der Waals surface area contributed by atoms with E-state index >= 15 is 0 Å². The van der Waals surface area contributed by atoms with Crippen molar-refractivity contribution in [3.8, 4) is 17.0 Å². The summed E-state index contributed by atoms with van der Waals surface area (Å²) in [6, 6.07) is 14.1. The van der Waals surface area contributed by atoms with Gasteiger partial charge >= 0.3 is 12.0 Å². The number of ether oxygens (including phenoxy) is 2. The summed E-state index contributed by atoms with van der Waals surface area (Å²) >= 11 is 5.92. The third kappa shape index (κ3) is 7.72. The molecule has 0 radical (unpaired) electrons. The van der Waals surface area contributed by atoms with E-state index in [1.165, 1.54) is 7.11 Å². The Morgan fingerprint density at radius 3 is 2.45 bits per heavy atom. The zero-order chi connectivity index (χ0) is 26.9. The second-order valence-corrected chi connectivity index (χ2v) is 9.82. The van der Waals surface area contributed by atoms with Gasteiger partial charge in [-0.1, -0.05) is 11.6 Å². The van der Waals surface area contributed by atoms with Crippen LogP contribution >= 0.6 is 11.6 Å². The highest BCUT2D eigenvalue weighted by molar-refractivity contribution is 6.30. The molecule has 0 atom stereocenters. The van der Waals surface area contributed by atoms with E-state index in [0.29, 0.717) is 35.3 Å². The van der Waals surface area contributed by atoms with E-state index in [1.807, 2.05) is 31.3 Å². The number of methoxy groups -OCH3 is 1. The number of carbonyl (C=O) groups is 2. The van der Waals surface area contributed by atoms with Crippen molar-refractivity contribution in [2.45, 2.75) is 25.7 Å². The van der Waals surface area contributed by atoms with E-state index in [-0.39, 0.29) is 12.0 Å². The van der Waals surface area contributed by atoms with Crippen LogP contribution in [0.5, 0.6) is 5.75 Å². The molecule has 0 spiro atoms. The van der Waals surface area contributed by atoms with Crippen LogP contribution in [0.2, 0.25) is 5.02 Å². The van der Waals surface area contributed by atoms with Crippen molar-refractivity contribution in [2.24, 2.45) is 13.0 Å². The summed E-state index contributed by atoms with van der Waals surface area (Å²) in [7, 11) is 3.31. The molecule has 2 heterocycles. The van der Waals surface area contributed by atoms with E-state index in [0.717, 1.165) is 55.9 Å². The summed E-state index contributed by atoms with van der Waals surface area (Å²) < 4.78 is 12.8. The third-order valence-corrected chi connectivity index (χ3v) is 7.04. The van der Waals surface area contributed by atoms with Gasteiger partial charge in [-0.3, -0.25) is 14.4 Å². The van der Waals surface area contributed by atoms with Gasteiger partial charge in [0.15, 0.2) is 0 Å². The number of urea groups is 1. The van der Waals surface area contributed by atoms with Gasteiger partial charge in [0.2, 0.25) is 0 Å². The summed E-state index contributed by atoms with van der Waals surface area (Å²) in [5, 5.41) is 10.6. The molecule has 1 aliphatic heterocycles. The normalized spacial score (nSPS) is 14.2. The average molecular weight is 540 g/mol.